The lowest BCUT2D eigenvalue weighted by Gasteiger charge is -2.29. The van der Waals surface area contributed by atoms with E-state index in [0.717, 1.165) is 88.0 Å². The highest BCUT2D eigenvalue weighted by Crippen LogP contribution is 2.44. The second-order valence-electron chi connectivity index (χ2n) is 18.3. The van der Waals surface area contributed by atoms with E-state index < -0.39 is 35.5 Å². The zero-order valence-electron chi connectivity index (χ0n) is 34.1. The summed E-state index contributed by atoms with van der Waals surface area (Å²) in [5.41, 5.74) is 1.07. The van der Waals surface area contributed by atoms with Crippen molar-refractivity contribution in [2.45, 2.75) is 69.6 Å². The number of benzene rings is 2. The number of halogens is 2. The topological polar surface area (TPSA) is 181 Å². The van der Waals surface area contributed by atoms with Crippen LogP contribution in [-0.4, -0.2) is 113 Å². The first kappa shape index (κ1) is 40.4. The van der Waals surface area contributed by atoms with Crippen molar-refractivity contribution < 1.29 is 33.1 Å². The van der Waals surface area contributed by atoms with Gasteiger partial charge in [0.2, 0.25) is 11.8 Å². The van der Waals surface area contributed by atoms with Gasteiger partial charge in [-0.2, -0.15) is 5.26 Å². The number of nitrogens with one attached hydrogen (secondary N) is 2. The van der Waals surface area contributed by atoms with E-state index in [1.54, 1.807) is 30.6 Å². The zero-order chi connectivity index (χ0) is 42.8. The highest BCUT2D eigenvalue weighted by Gasteiger charge is 2.48. The summed E-state index contributed by atoms with van der Waals surface area (Å²) in [5.74, 6) is 0.694. The third-order valence-corrected chi connectivity index (χ3v) is 14.7. The summed E-state index contributed by atoms with van der Waals surface area (Å²) in [5, 5.41) is 14.8. The molecule has 0 spiro atoms. The van der Waals surface area contributed by atoms with Gasteiger partial charge in [0.1, 0.15) is 35.2 Å². The molecule has 6 fully saturated rings. The Kier molecular flexibility index (Phi) is 10.6. The van der Waals surface area contributed by atoms with E-state index in [1.165, 1.54) is 6.07 Å². The zero-order valence-corrected chi connectivity index (χ0v) is 34.9. The summed E-state index contributed by atoms with van der Waals surface area (Å²) in [6, 6.07) is 8.67. The van der Waals surface area contributed by atoms with Gasteiger partial charge in [0.25, 0.3) is 17.7 Å². The average molecular weight is 864 g/mol. The Labute approximate surface area is 362 Å². The number of carbonyl (C=O) groups is 5. The van der Waals surface area contributed by atoms with Crippen molar-refractivity contribution in [1.29, 1.82) is 5.26 Å². The van der Waals surface area contributed by atoms with Gasteiger partial charge in [-0.3, -0.25) is 34.2 Å². The molecule has 2 N–H and O–H groups in total. The van der Waals surface area contributed by atoms with Gasteiger partial charge in [0.15, 0.2) is 0 Å². The van der Waals surface area contributed by atoms with Gasteiger partial charge in [0.05, 0.1) is 45.9 Å². The molecule has 5 aliphatic heterocycles. The van der Waals surface area contributed by atoms with E-state index in [0.29, 0.717) is 70.4 Å². The Bertz CT molecular complexity index is 2360. The summed E-state index contributed by atoms with van der Waals surface area (Å²) < 4.78 is 21.7. The number of imide groups is 2. The minimum Gasteiger partial charge on any atom is -0.490 e. The number of aromatic nitrogens is 2. The monoisotopic (exact) mass is 863 g/mol. The molecule has 4 saturated heterocycles. The number of nitriles is 1. The van der Waals surface area contributed by atoms with Crippen LogP contribution in [0.3, 0.4) is 0 Å². The normalized spacial score (nSPS) is 29.4. The molecule has 62 heavy (non-hydrogen) atoms. The molecule has 3 aromatic rings. The number of hydrogen-bond acceptors (Lipinski definition) is 12. The molecule has 322 valence electrons. The molecule has 6 heterocycles. The third kappa shape index (κ3) is 7.63. The number of ether oxygens (including phenoxy) is 1. The number of likely N-dealkylation sites (tertiary alicyclic amines) is 1. The van der Waals surface area contributed by atoms with Crippen LogP contribution in [0.15, 0.2) is 42.7 Å². The number of fused-ring (bicyclic) bond motifs is 3. The second-order valence-corrected chi connectivity index (χ2v) is 18.7. The molecule has 0 radical (unpaired) electrons. The van der Waals surface area contributed by atoms with Gasteiger partial charge in [-0.1, -0.05) is 11.6 Å². The van der Waals surface area contributed by atoms with Crippen LogP contribution in [0.1, 0.15) is 88.1 Å². The van der Waals surface area contributed by atoms with Crippen molar-refractivity contribution in [2.24, 2.45) is 29.6 Å². The van der Waals surface area contributed by atoms with E-state index in [9.17, 15) is 24.0 Å². The standard InChI is InChI=1S/C45H47ClFN9O6/c46-35-11-32(4-1-25(35)14-48)62-31-5-2-30(3-6-31)51-42(58)37-15-50-40(16-49-37)55-20-26-9-24(10-27(26)21-55)17-53-18-28-22-54(23-29(28)19-53)39-13-34-33(12-36(39)47)44(60)56(45(34)61)38-7-8-41(57)52-43(38)59/h1,4,11-13,15-16,24,26-31,38H,2-3,5-10,17-23H2,(H,51,58)(H,52,57,59)/t24?,26-,27+,28?,29?,30?,31?,38?. The first-order valence-electron chi connectivity index (χ1n) is 21.7. The van der Waals surface area contributed by atoms with Gasteiger partial charge in [-0.25, -0.2) is 14.4 Å². The van der Waals surface area contributed by atoms with Crippen LogP contribution in [0.25, 0.3) is 0 Å². The largest absolute Gasteiger partial charge is 0.490 e. The molecule has 17 heteroatoms. The van der Waals surface area contributed by atoms with Crippen LogP contribution >= 0.6 is 11.6 Å². The molecule has 6 atom stereocenters. The molecule has 2 aromatic carbocycles. The fraction of sp³-hybridized carbons (Fsp3) is 0.511. The van der Waals surface area contributed by atoms with Crippen LogP contribution in [0.5, 0.6) is 5.75 Å². The number of carbonyl (C=O) groups excluding carboxylic acids is 5. The predicted octanol–water partition coefficient (Wildman–Crippen LogP) is 4.19. The third-order valence-electron chi connectivity index (χ3n) is 14.3. The molecular weight excluding hydrogens is 817 g/mol. The summed E-state index contributed by atoms with van der Waals surface area (Å²) in [6.45, 7) is 6.10. The fourth-order valence-corrected chi connectivity index (χ4v) is 11.5. The Morgan fingerprint density at radius 1 is 0.871 bits per heavy atom. The van der Waals surface area contributed by atoms with Gasteiger partial charge in [-0.15, -0.1) is 0 Å². The number of rotatable bonds is 9. The summed E-state index contributed by atoms with van der Waals surface area (Å²) >= 11 is 6.16. The van der Waals surface area contributed by atoms with Gasteiger partial charge in [0, 0.05) is 64.3 Å². The van der Waals surface area contributed by atoms with Crippen molar-refractivity contribution >= 4 is 52.6 Å². The number of hydrogen-bond donors (Lipinski definition) is 2. The highest BCUT2D eigenvalue weighted by molar-refractivity contribution is 6.31. The lowest BCUT2D eigenvalue weighted by Crippen LogP contribution is -2.54. The van der Waals surface area contributed by atoms with Crippen LogP contribution in [0.2, 0.25) is 5.02 Å². The summed E-state index contributed by atoms with van der Waals surface area (Å²) in [4.78, 5) is 80.6. The maximum absolute atomic E-state index is 15.6. The maximum Gasteiger partial charge on any atom is 0.271 e. The minimum absolute atomic E-state index is 0.0151. The SMILES string of the molecule is N#Cc1ccc(OC2CCC(NC(=O)c3cnc(N4C[C@H]5CC(CN6CC7CN(c8cc9c(cc8F)C(=O)N(C8CCC(=O)NC8=O)C9=O)CC7C6)C[C@H]5C4)cn3)CC2)cc1Cl. The van der Waals surface area contributed by atoms with E-state index in [2.05, 4.69) is 36.5 Å². The maximum atomic E-state index is 15.6. The number of amides is 5. The summed E-state index contributed by atoms with van der Waals surface area (Å²) in [6.07, 6.45) is 8.83. The molecule has 15 nitrogen and oxygen atoms in total. The molecule has 10 rings (SSSR count). The molecule has 0 bridgehead atoms. The lowest BCUT2D eigenvalue weighted by atomic mass is 9.93. The van der Waals surface area contributed by atoms with Gasteiger partial charge < -0.3 is 24.8 Å². The Balaban J connectivity index is 0.662. The Morgan fingerprint density at radius 2 is 1.56 bits per heavy atom. The van der Waals surface area contributed by atoms with Crippen LogP contribution in [0.4, 0.5) is 15.9 Å². The van der Waals surface area contributed by atoms with Crippen molar-refractivity contribution in [3.63, 3.8) is 0 Å². The van der Waals surface area contributed by atoms with E-state index in [4.69, 9.17) is 21.6 Å². The number of nitrogens with zero attached hydrogens (tertiary/aromatic N) is 7. The lowest BCUT2D eigenvalue weighted by molar-refractivity contribution is -0.136. The predicted molar refractivity (Wildman–Crippen MR) is 223 cm³/mol. The average Bonchev–Trinajstić information content (AvgIpc) is 4.06. The van der Waals surface area contributed by atoms with Crippen molar-refractivity contribution in [3.05, 3.63) is 75.9 Å². The Morgan fingerprint density at radius 3 is 2.21 bits per heavy atom. The Hall–Kier alpha value is -5.66. The van der Waals surface area contributed by atoms with E-state index >= 15 is 4.39 Å². The quantitative estimate of drug-likeness (QED) is 0.294. The highest BCUT2D eigenvalue weighted by atomic mass is 35.5. The van der Waals surface area contributed by atoms with Crippen LogP contribution in [0, 0.1) is 46.7 Å². The van der Waals surface area contributed by atoms with E-state index in [1.807, 2.05) is 4.90 Å². The molecule has 5 amide bonds. The van der Waals surface area contributed by atoms with Crippen molar-refractivity contribution in [1.82, 2.24) is 30.4 Å². The minimum atomic E-state index is -1.09. The van der Waals surface area contributed by atoms with Gasteiger partial charge >= 0.3 is 0 Å². The fourth-order valence-electron chi connectivity index (χ4n) is 11.3. The molecule has 7 aliphatic rings. The molecule has 2 saturated carbocycles. The van der Waals surface area contributed by atoms with Crippen LogP contribution in [-0.2, 0) is 9.59 Å². The van der Waals surface area contributed by atoms with Crippen LogP contribution < -0.4 is 25.2 Å². The first-order chi connectivity index (χ1) is 30.0. The number of anilines is 2. The van der Waals surface area contributed by atoms with Gasteiger partial charge in [-0.05, 0) is 98.8 Å². The van der Waals surface area contributed by atoms with E-state index in [-0.39, 0.29) is 42.0 Å². The molecular formula is C45H47ClFN9O6. The smallest absolute Gasteiger partial charge is 0.271 e. The molecule has 1 aromatic heterocycles. The van der Waals surface area contributed by atoms with Crippen molar-refractivity contribution in [2.75, 3.05) is 55.6 Å². The molecule has 2 aliphatic carbocycles. The summed E-state index contributed by atoms with van der Waals surface area (Å²) in [7, 11) is 0. The first-order valence-corrected chi connectivity index (χ1v) is 22.1. The van der Waals surface area contributed by atoms with Crippen molar-refractivity contribution in [3.8, 4) is 11.8 Å². The molecule has 4 unspecified atom stereocenters. The number of piperidine rings is 1. The second kappa shape index (κ2) is 16.2.